The topological polar surface area (TPSA) is 20.2 Å². The Morgan fingerprint density at radius 2 is 1.63 bits per heavy atom. The first-order valence-electron chi connectivity index (χ1n) is 7.67. The van der Waals surface area contributed by atoms with Gasteiger partial charge in [0, 0.05) is 5.02 Å². The van der Waals surface area contributed by atoms with Crippen molar-refractivity contribution in [2.75, 3.05) is 0 Å². The minimum absolute atomic E-state index is 0.362. The van der Waals surface area contributed by atoms with Gasteiger partial charge in [-0.15, -0.1) is 0 Å². The molecule has 0 aromatic heterocycles. The molecule has 0 aliphatic rings. The summed E-state index contributed by atoms with van der Waals surface area (Å²) in [6, 6.07) is 7.54. The molecule has 108 valence electrons. The first kappa shape index (κ1) is 16.5. The maximum Gasteiger partial charge on any atom is 0.0790 e. The Kier molecular flexibility index (Phi) is 8.94. The van der Waals surface area contributed by atoms with Crippen LogP contribution in [0, 0.1) is 0 Å². The molecule has 1 rings (SSSR count). The lowest BCUT2D eigenvalue weighted by Gasteiger charge is -2.11. The Morgan fingerprint density at radius 1 is 1.00 bits per heavy atom. The molecule has 0 saturated heterocycles. The van der Waals surface area contributed by atoms with Crippen LogP contribution in [0.1, 0.15) is 76.4 Å². The fourth-order valence-corrected chi connectivity index (χ4v) is 2.55. The van der Waals surface area contributed by atoms with Gasteiger partial charge in [-0.05, 0) is 24.1 Å². The van der Waals surface area contributed by atoms with Gasteiger partial charge in [-0.25, -0.2) is 0 Å². The molecule has 1 nitrogen and oxygen atoms in total. The number of rotatable bonds is 10. The van der Waals surface area contributed by atoms with E-state index in [2.05, 4.69) is 6.92 Å². The monoisotopic (exact) mass is 282 g/mol. The van der Waals surface area contributed by atoms with Crippen molar-refractivity contribution in [3.8, 4) is 0 Å². The van der Waals surface area contributed by atoms with Crippen LogP contribution in [0.4, 0.5) is 0 Å². The second kappa shape index (κ2) is 10.3. The standard InChI is InChI=1S/C17H27ClO/c1-2-3-4-5-6-7-8-9-13-17(19)15-11-10-12-16(18)14-15/h10-12,14,17,19H,2-9,13H2,1H3. The molecule has 1 unspecified atom stereocenters. The molecule has 0 saturated carbocycles. The van der Waals surface area contributed by atoms with Gasteiger partial charge in [-0.1, -0.05) is 82.0 Å². The number of unbranched alkanes of at least 4 members (excludes halogenated alkanes) is 7. The maximum absolute atomic E-state index is 10.1. The molecular weight excluding hydrogens is 256 g/mol. The van der Waals surface area contributed by atoms with E-state index in [4.69, 9.17) is 11.6 Å². The lowest BCUT2D eigenvalue weighted by Crippen LogP contribution is -1.97. The van der Waals surface area contributed by atoms with E-state index < -0.39 is 0 Å². The van der Waals surface area contributed by atoms with Crippen LogP contribution < -0.4 is 0 Å². The molecule has 2 heteroatoms. The third-order valence-corrected chi connectivity index (χ3v) is 3.80. The molecule has 0 spiro atoms. The SMILES string of the molecule is CCCCCCCCCCC(O)c1cccc(Cl)c1. The van der Waals surface area contributed by atoms with Crippen molar-refractivity contribution < 1.29 is 5.11 Å². The molecule has 0 bridgehead atoms. The van der Waals surface area contributed by atoms with Gasteiger partial charge in [0.2, 0.25) is 0 Å². The quantitative estimate of drug-likeness (QED) is 0.529. The third-order valence-electron chi connectivity index (χ3n) is 3.56. The lowest BCUT2D eigenvalue weighted by molar-refractivity contribution is 0.163. The molecule has 1 aromatic rings. The lowest BCUT2D eigenvalue weighted by atomic mass is 10.0. The zero-order valence-electron chi connectivity index (χ0n) is 12.1. The molecule has 0 radical (unpaired) electrons. The van der Waals surface area contributed by atoms with Crippen LogP contribution >= 0.6 is 11.6 Å². The Hall–Kier alpha value is -0.530. The Labute approximate surface area is 123 Å². The highest BCUT2D eigenvalue weighted by atomic mass is 35.5. The fraction of sp³-hybridized carbons (Fsp3) is 0.647. The first-order chi connectivity index (χ1) is 9.24. The van der Waals surface area contributed by atoms with Crippen molar-refractivity contribution in [3.63, 3.8) is 0 Å². The number of aliphatic hydroxyl groups is 1. The Bertz CT molecular complexity index is 338. The average Bonchev–Trinajstić information content (AvgIpc) is 2.41. The van der Waals surface area contributed by atoms with Crippen molar-refractivity contribution >= 4 is 11.6 Å². The highest BCUT2D eigenvalue weighted by Gasteiger charge is 2.07. The average molecular weight is 283 g/mol. The molecule has 0 fully saturated rings. The summed E-state index contributed by atoms with van der Waals surface area (Å²) in [5, 5.41) is 10.8. The molecule has 1 atom stereocenters. The highest BCUT2D eigenvalue weighted by Crippen LogP contribution is 2.22. The molecule has 1 N–H and O–H groups in total. The number of benzene rings is 1. The second-order valence-corrected chi connectivity index (χ2v) is 5.77. The smallest absolute Gasteiger partial charge is 0.0790 e. The summed E-state index contributed by atoms with van der Waals surface area (Å²) < 4.78 is 0. The number of hydrogen-bond acceptors (Lipinski definition) is 1. The molecule has 19 heavy (non-hydrogen) atoms. The number of halogens is 1. The summed E-state index contributed by atoms with van der Waals surface area (Å²) in [6.45, 7) is 2.25. The van der Waals surface area contributed by atoms with Crippen molar-refractivity contribution in [1.29, 1.82) is 0 Å². The van der Waals surface area contributed by atoms with Gasteiger partial charge in [0.15, 0.2) is 0 Å². The van der Waals surface area contributed by atoms with Gasteiger partial charge < -0.3 is 5.11 Å². The molecule has 0 aliphatic heterocycles. The van der Waals surface area contributed by atoms with E-state index in [1.54, 1.807) is 0 Å². The van der Waals surface area contributed by atoms with E-state index in [1.807, 2.05) is 24.3 Å². The highest BCUT2D eigenvalue weighted by molar-refractivity contribution is 6.30. The summed E-state index contributed by atoms with van der Waals surface area (Å²) in [5.74, 6) is 0. The van der Waals surface area contributed by atoms with Gasteiger partial charge >= 0.3 is 0 Å². The zero-order valence-corrected chi connectivity index (χ0v) is 12.8. The van der Waals surface area contributed by atoms with E-state index in [0.717, 1.165) is 18.4 Å². The van der Waals surface area contributed by atoms with E-state index in [1.165, 1.54) is 44.9 Å². The molecule has 0 heterocycles. The summed E-state index contributed by atoms with van der Waals surface area (Å²) >= 11 is 5.92. The Balaban J connectivity index is 2.06. The molecule has 0 amide bonds. The van der Waals surface area contributed by atoms with E-state index in [9.17, 15) is 5.11 Å². The van der Waals surface area contributed by atoms with Crippen molar-refractivity contribution in [3.05, 3.63) is 34.9 Å². The molecule has 1 aromatic carbocycles. The van der Waals surface area contributed by atoms with E-state index in [0.29, 0.717) is 5.02 Å². The van der Waals surface area contributed by atoms with Crippen LogP contribution in [0.3, 0.4) is 0 Å². The Morgan fingerprint density at radius 3 is 2.26 bits per heavy atom. The fourth-order valence-electron chi connectivity index (χ4n) is 2.35. The third kappa shape index (κ3) is 7.59. The van der Waals surface area contributed by atoms with Crippen LogP contribution in [0.25, 0.3) is 0 Å². The van der Waals surface area contributed by atoms with Gasteiger partial charge in [0.1, 0.15) is 0 Å². The van der Waals surface area contributed by atoms with Crippen molar-refractivity contribution in [2.24, 2.45) is 0 Å². The number of aliphatic hydroxyl groups excluding tert-OH is 1. The molecular formula is C17H27ClO. The van der Waals surface area contributed by atoms with Gasteiger partial charge in [-0.2, -0.15) is 0 Å². The normalized spacial score (nSPS) is 12.6. The first-order valence-corrected chi connectivity index (χ1v) is 8.05. The van der Waals surface area contributed by atoms with Crippen LogP contribution in [0.15, 0.2) is 24.3 Å². The summed E-state index contributed by atoms with van der Waals surface area (Å²) in [4.78, 5) is 0. The zero-order chi connectivity index (χ0) is 13.9. The predicted octanol–water partition coefficient (Wildman–Crippen LogP) is 5.90. The maximum atomic E-state index is 10.1. The summed E-state index contributed by atoms with van der Waals surface area (Å²) in [5.41, 5.74) is 0.940. The summed E-state index contributed by atoms with van der Waals surface area (Å²) in [7, 11) is 0. The molecule has 0 aliphatic carbocycles. The van der Waals surface area contributed by atoms with Crippen LogP contribution in [0.5, 0.6) is 0 Å². The van der Waals surface area contributed by atoms with Crippen molar-refractivity contribution in [2.45, 2.75) is 70.8 Å². The van der Waals surface area contributed by atoms with Crippen LogP contribution in [0.2, 0.25) is 5.02 Å². The predicted molar refractivity (Wildman–Crippen MR) is 83.6 cm³/mol. The van der Waals surface area contributed by atoms with E-state index >= 15 is 0 Å². The summed E-state index contributed by atoms with van der Waals surface area (Å²) in [6.07, 6.45) is 10.9. The number of hydrogen-bond donors (Lipinski definition) is 1. The second-order valence-electron chi connectivity index (χ2n) is 5.33. The van der Waals surface area contributed by atoms with Crippen LogP contribution in [-0.2, 0) is 0 Å². The minimum Gasteiger partial charge on any atom is -0.388 e. The van der Waals surface area contributed by atoms with Gasteiger partial charge in [0.25, 0.3) is 0 Å². The van der Waals surface area contributed by atoms with Crippen LogP contribution in [-0.4, -0.2) is 5.11 Å². The van der Waals surface area contributed by atoms with Gasteiger partial charge in [-0.3, -0.25) is 0 Å². The van der Waals surface area contributed by atoms with E-state index in [-0.39, 0.29) is 6.10 Å². The van der Waals surface area contributed by atoms with Gasteiger partial charge in [0.05, 0.1) is 6.10 Å². The largest absolute Gasteiger partial charge is 0.388 e. The van der Waals surface area contributed by atoms with Crippen molar-refractivity contribution in [1.82, 2.24) is 0 Å². The minimum atomic E-state index is -0.362.